The molecule has 2 aromatic rings. The molecule has 0 spiro atoms. The van der Waals surface area contributed by atoms with E-state index in [1.54, 1.807) is 0 Å². The number of carbonyl (C=O) groups is 1. The smallest absolute Gasteiger partial charge is 0.233 e. The Bertz CT molecular complexity index is 657. The molecular formula is C15H18ClN3OS. The number of piperidine rings is 1. The number of H-pyrrole nitrogens is 1. The van der Waals surface area contributed by atoms with Gasteiger partial charge in [0, 0.05) is 18.1 Å². The van der Waals surface area contributed by atoms with Crippen LogP contribution in [0.4, 0.5) is 0 Å². The zero-order chi connectivity index (χ0) is 14.8. The molecule has 0 aliphatic carbocycles. The SMILES string of the molecule is C[C@H]1CCCN(C(=O)CSc2nc3ccc(Cl)cc3[nH]2)C1. The average molecular weight is 324 g/mol. The number of imidazole rings is 1. The second kappa shape index (κ2) is 6.28. The summed E-state index contributed by atoms with van der Waals surface area (Å²) in [6.07, 6.45) is 2.34. The Kier molecular flexibility index (Phi) is 4.40. The van der Waals surface area contributed by atoms with E-state index in [0.29, 0.717) is 16.7 Å². The molecule has 0 bridgehead atoms. The van der Waals surface area contributed by atoms with E-state index in [1.807, 2.05) is 23.1 Å². The van der Waals surface area contributed by atoms with Crippen molar-refractivity contribution in [1.82, 2.24) is 14.9 Å². The lowest BCUT2D eigenvalue weighted by molar-refractivity contribution is -0.130. The standard InChI is InChI=1S/C15H18ClN3OS/c1-10-3-2-6-19(8-10)14(20)9-21-15-17-12-5-4-11(16)7-13(12)18-15/h4-5,7,10H,2-3,6,8-9H2,1H3,(H,17,18)/t10-/m0/s1. The summed E-state index contributed by atoms with van der Waals surface area (Å²) in [7, 11) is 0. The Hall–Kier alpha value is -1.20. The summed E-state index contributed by atoms with van der Waals surface area (Å²) in [6, 6.07) is 5.55. The Morgan fingerprint density at radius 2 is 2.43 bits per heavy atom. The number of aromatic amines is 1. The number of hydrogen-bond acceptors (Lipinski definition) is 3. The highest BCUT2D eigenvalue weighted by Crippen LogP contribution is 2.23. The van der Waals surface area contributed by atoms with E-state index in [1.165, 1.54) is 18.2 Å². The van der Waals surface area contributed by atoms with Gasteiger partial charge in [-0.3, -0.25) is 4.79 Å². The van der Waals surface area contributed by atoms with E-state index in [0.717, 1.165) is 35.7 Å². The first kappa shape index (κ1) is 14.7. The third-order valence-electron chi connectivity index (χ3n) is 3.76. The third-order valence-corrected chi connectivity index (χ3v) is 4.86. The fourth-order valence-electron chi connectivity index (χ4n) is 2.66. The van der Waals surface area contributed by atoms with Crippen LogP contribution >= 0.6 is 23.4 Å². The van der Waals surface area contributed by atoms with Crippen LogP contribution in [-0.2, 0) is 4.79 Å². The summed E-state index contributed by atoms with van der Waals surface area (Å²) in [5, 5.41) is 1.45. The number of amides is 1. The van der Waals surface area contributed by atoms with Crippen LogP contribution in [0.15, 0.2) is 23.4 Å². The molecule has 1 aromatic heterocycles. The van der Waals surface area contributed by atoms with Crippen LogP contribution in [0.25, 0.3) is 11.0 Å². The first-order valence-electron chi connectivity index (χ1n) is 7.17. The lowest BCUT2D eigenvalue weighted by atomic mass is 10.0. The predicted molar refractivity (Wildman–Crippen MR) is 86.8 cm³/mol. The van der Waals surface area contributed by atoms with E-state index in [-0.39, 0.29) is 5.91 Å². The largest absolute Gasteiger partial charge is 0.342 e. The van der Waals surface area contributed by atoms with Gasteiger partial charge in [0.25, 0.3) is 0 Å². The van der Waals surface area contributed by atoms with E-state index in [9.17, 15) is 4.79 Å². The summed E-state index contributed by atoms with van der Waals surface area (Å²) in [5.74, 6) is 1.24. The Morgan fingerprint density at radius 3 is 3.24 bits per heavy atom. The van der Waals surface area contributed by atoms with Crippen LogP contribution in [0.1, 0.15) is 19.8 Å². The molecule has 1 amide bonds. The van der Waals surface area contributed by atoms with Crippen molar-refractivity contribution >= 4 is 40.3 Å². The Labute approximate surface area is 133 Å². The fraction of sp³-hybridized carbons (Fsp3) is 0.467. The number of fused-ring (bicyclic) bond motifs is 1. The molecule has 2 heterocycles. The number of nitrogens with zero attached hydrogens (tertiary/aromatic N) is 2. The second-order valence-electron chi connectivity index (χ2n) is 5.58. The van der Waals surface area contributed by atoms with E-state index in [4.69, 9.17) is 11.6 Å². The molecule has 1 saturated heterocycles. The lowest BCUT2D eigenvalue weighted by Gasteiger charge is -2.30. The van der Waals surface area contributed by atoms with Gasteiger partial charge in [-0.1, -0.05) is 30.3 Å². The molecule has 6 heteroatoms. The van der Waals surface area contributed by atoms with Gasteiger partial charge in [0.15, 0.2) is 5.16 Å². The van der Waals surface area contributed by atoms with Crippen molar-refractivity contribution in [1.29, 1.82) is 0 Å². The lowest BCUT2D eigenvalue weighted by Crippen LogP contribution is -2.40. The average Bonchev–Trinajstić information content (AvgIpc) is 2.86. The van der Waals surface area contributed by atoms with Crippen LogP contribution in [0, 0.1) is 5.92 Å². The van der Waals surface area contributed by atoms with E-state index in [2.05, 4.69) is 16.9 Å². The fourth-order valence-corrected chi connectivity index (χ4v) is 3.62. The van der Waals surface area contributed by atoms with Crippen LogP contribution in [0.2, 0.25) is 5.02 Å². The van der Waals surface area contributed by atoms with Crippen molar-refractivity contribution in [3.05, 3.63) is 23.2 Å². The minimum absolute atomic E-state index is 0.199. The zero-order valence-corrected chi connectivity index (χ0v) is 13.5. The van der Waals surface area contributed by atoms with Crippen LogP contribution in [0.3, 0.4) is 0 Å². The van der Waals surface area contributed by atoms with Gasteiger partial charge in [-0.25, -0.2) is 4.98 Å². The van der Waals surface area contributed by atoms with Crippen molar-refractivity contribution in [3.8, 4) is 0 Å². The molecule has 0 unspecified atom stereocenters. The molecule has 1 atom stereocenters. The molecule has 4 nitrogen and oxygen atoms in total. The third kappa shape index (κ3) is 3.52. The second-order valence-corrected chi connectivity index (χ2v) is 6.98. The molecule has 1 N–H and O–H groups in total. The highest BCUT2D eigenvalue weighted by molar-refractivity contribution is 7.99. The molecule has 21 heavy (non-hydrogen) atoms. The number of hydrogen-bond donors (Lipinski definition) is 1. The van der Waals surface area contributed by atoms with Gasteiger partial charge in [-0.05, 0) is 37.0 Å². The van der Waals surface area contributed by atoms with Gasteiger partial charge >= 0.3 is 0 Å². The minimum Gasteiger partial charge on any atom is -0.342 e. The van der Waals surface area contributed by atoms with Gasteiger partial charge in [0.05, 0.1) is 16.8 Å². The molecule has 3 rings (SSSR count). The maximum Gasteiger partial charge on any atom is 0.233 e. The maximum atomic E-state index is 12.2. The van der Waals surface area contributed by atoms with Crippen molar-refractivity contribution in [2.45, 2.75) is 24.9 Å². The predicted octanol–water partition coefficient (Wildman–Crippen LogP) is 3.57. The number of aromatic nitrogens is 2. The highest BCUT2D eigenvalue weighted by Gasteiger charge is 2.21. The zero-order valence-electron chi connectivity index (χ0n) is 11.9. The number of likely N-dealkylation sites (tertiary alicyclic amines) is 1. The molecule has 0 saturated carbocycles. The van der Waals surface area contributed by atoms with Crippen molar-refractivity contribution < 1.29 is 4.79 Å². The number of nitrogens with one attached hydrogen (secondary N) is 1. The molecule has 1 fully saturated rings. The Morgan fingerprint density at radius 1 is 1.57 bits per heavy atom. The molecule has 1 aliphatic rings. The van der Waals surface area contributed by atoms with E-state index < -0.39 is 0 Å². The van der Waals surface area contributed by atoms with Crippen molar-refractivity contribution in [3.63, 3.8) is 0 Å². The van der Waals surface area contributed by atoms with Crippen LogP contribution in [0.5, 0.6) is 0 Å². The minimum atomic E-state index is 0.199. The van der Waals surface area contributed by atoms with Crippen molar-refractivity contribution in [2.24, 2.45) is 5.92 Å². The number of thioether (sulfide) groups is 1. The number of benzene rings is 1. The first-order valence-corrected chi connectivity index (χ1v) is 8.54. The quantitative estimate of drug-likeness (QED) is 0.878. The van der Waals surface area contributed by atoms with Crippen LogP contribution < -0.4 is 0 Å². The summed E-state index contributed by atoms with van der Waals surface area (Å²) in [6.45, 7) is 3.98. The number of rotatable bonds is 3. The van der Waals surface area contributed by atoms with E-state index >= 15 is 0 Å². The summed E-state index contributed by atoms with van der Waals surface area (Å²) in [5.41, 5.74) is 1.78. The van der Waals surface area contributed by atoms with Gasteiger partial charge in [0.2, 0.25) is 5.91 Å². The molecule has 0 radical (unpaired) electrons. The van der Waals surface area contributed by atoms with Gasteiger partial charge < -0.3 is 9.88 Å². The highest BCUT2D eigenvalue weighted by atomic mass is 35.5. The summed E-state index contributed by atoms with van der Waals surface area (Å²) < 4.78 is 0. The monoisotopic (exact) mass is 323 g/mol. The number of halogens is 1. The Balaban J connectivity index is 1.61. The molecule has 1 aliphatic heterocycles. The summed E-state index contributed by atoms with van der Waals surface area (Å²) in [4.78, 5) is 21.9. The van der Waals surface area contributed by atoms with Crippen LogP contribution in [-0.4, -0.2) is 39.6 Å². The molecule has 112 valence electrons. The van der Waals surface area contributed by atoms with Gasteiger partial charge in [0.1, 0.15) is 0 Å². The maximum absolute atomic E-state index is 12.2. The van der Waals surface area contributed by atoms with Gasteiger partial charge in [-0.15, -0.1) is 0 Å². The van der Waals surface area contributed by atoms with Gasteiger partial charge in [-0.2, -0.15) is 0 Å². The molecule has 1 aromatic carbocycles. The normalized spacial score (nSPS) is 19.1. The topological polar surface area (TPSA) is 49.0 Å². The number of carbonyl (C=O) groups excluding carboxylic acids is 1. The van der Waals surface area contributed by atoms with Crippen molar-refractivity contribution in [2.75, 3.05) is 18.8 Å². The first-order chi connectivity index (χ1) is 10.1. The summed E-state index contributed by atoms with van der Waals surface area (Å²) >= 11 is 7.41. The molecular weight excluding hydrogens is 306 g/mol.